The van der Waals surface area contributed by atoms with Crippen LogP contribution in [0.5, 0.6) is 5.88 Å². The highest BCUT2D eigenvalue weighted by molar-refractivity contribution is 7.89. The van der Waals surface area contributed by atoms with Crippen molar-refractivity contribution in [2.45, 2.75) is 17.6 Å². The number of H-pyrrole nitrogens is 1. The quantitative estimate of drug-likeness (QED) is 0.834. The first kappa shape index (κ1) is 14.4. The van der Waals surface area contributed by atoms with Gasteiger partial charge in [-0.3, -0.25) is 0 Å². The Hall–Kier alpha value is -2.51. The Morgan fingerprint density at radius 3 is 2.95 bits per heavy atom. The molecule has 1 N–H and O–H groups in total. The van der Waals surface area contributed by atoms with Crippen molar-refractivity contribution in [1.29, 1.82) is 5.26 Å². The van der Waals surface area contributed by atoms with Crippen molar-refractivity contribution in [3.8, 4) is 11.9 Å². The predicted molar refractivity (Wildman–Crippen MR) is 73.1 cm³/mol. The molecule has 3 rings (SSSR count). The Bertz CT molecular complexity index is 799. The lowest BCUT2D eigenvalue weighted by molar-refractivity contribution is 0.205. The SMILES string of the molecule is N#Cc1nccnc1OC1CCN(S(=O)(=O)c2cnc[nH]2)C1. The number of rotatable bonds is 4. The molecule has 10 heteroatoms. The van der Waals surface area contributed by atoms with Crippen molar-refractivity contribution in [1.82, 2.24) is 24.2 Å². The maximum atomic E-state index is 12.3. The third-order valence-corrected chi connectivity index (χ3v) is 5.04. The number of imidazole rings is 1. The van der Waals surface area contributed by atoms with Gasteiger partial charge in [-0.1, -0.05) is 0 Å². The number of hydrogen-bond donors (Lipinski definition) is 1. The van der Waals surface area contributed by atoms with Crippen molar-refractivity contribution in [2.24, 2.45) is 0 Å². The van der Waals surface area contributed by atoms with Gasteiger partial charge >= 0.3 is 0 Å². The number of aromatic nitrogens is 4. The van der Waals surface area contributed by atoms with E-state index in [4.69, 9.17) is 10.00 Å². The highest BCUT2D eigenvalue weighted by atomic mass is 32.2. The molecule has 1 aliphatic rings. The lowest BCUT2D eigenvalue weighted by Crippen LogP contribution is -2.31. The van der Waals surface area contributed by atoms with Gasteiger partial charge in [0.15, 0.2) is 5.03 Å². The minimum Gasteiger partial charge on any atom is -0.471 e. The summed E-state index contributed by atoms with van der Waals surface area (Å²) >= 11 is 0. The van der Waals surface area contributed by atoms with Crippen LogP contribution in [-0.2, 0) is 10.0 Å². The molecular formula is C12H12N6O3S. The molecule has 2 aromatic heterocycles. The Kier molecular flexibility index (Phi) is 3.74. The van der Waals surface area contributed by atoms with Crippen LogP contribution in [0.3, 0.4) is 0 Å². The number of hydrogen-bond acceptors (Lipinski definition) is 7. The van der Waals surface area contributed by atoms with Crippen molar-refractivity contribution in [3.05, 3.63) is 30.6 Å². The average molecular weight is 320 g/mol. The number of nitrogens with zero attached hydrogens (tertiary/aromatic N) is 5. The van der Waals surface area contributed by atoms with Crippen LogP contribution >= 0.6 is 0 Å². The van der Waals surface area contributed by atoms with E-state index in [2.05, 4.69) is 19.9 Å². The van der Waals surface area contributed by atoms with Gasteiger partial charge in [0, 0.05) is 18.9 Å². The maximum absolute atomic E-state index is 12.3. The van der Waals surface area contributed by atoms with Crippen LogP contribution in [-0.4, -0.2) is 51.9 Å². The van der Waals surface area contributed by atoms with Gasteiger partial charge in [-0.05, 0) is 6.42 Å². The highest BCUT2D eigenvalue weighted by Crippen LogP contribution is 2.23. The summed E-state index contributed by atoms with van der Waals surface area (Å²) in [5.74, 6) is 0.121. The van der Waals surface area contributed by atoms with Crippen molar-refractivity contribution in [3.63, 3.8) is 0 Å². The normalized spacial score (nSPS) is 19.0. The number of aromatic amines is 1. The molecule has 0 bridgehead atoms. The summed E-state index contributed by atoms with van der Waals surface area (Å²) in [5.41, 5.74) is 0.0809. The summed E-state index contributed by atoms with van der Waals surface area (Å²) in [5, 5.41) is 9.00. The first-order chi connectivity index (χ1) is 10.6. The molecule has 22 heavy (non-hydrogen) atoms. The lowest BCUT2D eigenvalue weighted by Gasteiger charge is -2.16. The molecule has 1 aliphatic heterocycles. The summed E-state index contributed by atoms with van der Waals surface area (Å²) in [6.07, 6.45) is 5.53. The molecule has 1 unspecified atom stereocenters. The van der Waals surface area contributed by atoms with E-state index < -0.39 is 10.0 Å². The van der Waals surface area contributed by atoms with Gasteiger partial charge in [-0.25, -0.2) is 23.4 Å². The van der Waals surface area contributed by atoms with E-state index in [1.807, 2.05) is 6.07 Å². The molecule has 0 radical (unpaired) electrons. The number of sulfonamides is 1. The van der Waals surface area contributed by atoms with Crippen molar-refractivity contribution >= 4 is 10.0 Å². The summed E-state index contributed by atoms with van der Waals surface area (Å²) in [6, 6.07) is 1.89. The fourth-order valence-electron chi connectivity index (χ4n) is 2.18. The molecule has 114 valence electrons. The zero-order valence-corrected chi connectivity index (χ0v) is 12.2. The third-order valence-electron chi connectivity index (χ3n) is 3.25. The van der Waals surface area contributed by atoms with E-state index in [0.29, 0.717) is 13.0 Å². The van der Waals surface area contributed by atoms with E-state index in [9.17, 15) is 8.42 Å². The standard InChI is InChI=1S/C12H12N6O3S/c13-5-10-12(16-3-2-15-10)21-9-1-4-18(7-9)22(19,20)11-6-14-8-17-11/h2-3,6,8-9H,1,4,7H2,(H,14,17). The minimum atomic E-state index is -3.60. The first-order valence-corrected chi connectivity index (χ1v) is 7.91. The maximum Gasteiger partial charge on any atom is 0.260 e. The second-order valence-electron chi connectivity index (χ2n) is 4.63. The zero-order valence-electron chi connectivity index (χ0n) is 11.4. The molecule has 0 spiro atoms. The van der Waals surface area contributed by atoms with Gasteiger partial charge < -0.3 is 9.72 Å². The molecule has 2 aromatic rings. The van der Waals surface area contributed by atoms with Gasteiger partial charge in [-0.2, -0.15) is 9.57 Å². The smallest absolute Gasteiger partial charge is 0.260 e. The Labute approximate surface area is 126 Å². The van der Waals surface area contributed by atoms with Gasteiger partial charge in [0.1, 0.15) is 12.2 Å². The average Bonchev–Trinajstić information content (AvgIpc) is 3.20. The number of nitrogens with one attached hydrogen (secondary N) is 1. The Morgan fingerprint density at radius 2 is 2.23 bits per heavy atom. The molecule has 0 saturated carbocycles. The molecule has 1 fully saturated rings. The van der Waals surface area contributed by atoms with E-state index in [1.165, 1.54) is 29.2 Å². The molecule has 3 heterocycles. The van der Waals surface area contributed by atoms with Crippen LogP contribution in [0.1, 0.15) is 12.1 Å². The predicted octanol–water partition coefficient (Wildman–Crippen LogP) is -0.0866. The second kappa shape index (κ2) is 5.70. The number of nitriles is 1. The van der Waals surface area contributed by atoms with Gasteiger partial charge in [0.05, 0.1) is 19.1 Å². The molecular weight excluding hydrogens is 308 g/mol. The molecule has 1 atom stereocenters. The van der Waals surface area contributed by atoms with Crippen molar-refractivity contribution in [2.75, 3.05) is 13.1 Å². The molecule has 1 saturated heterocycles. The van der Waals surface area contributed by atoms with E-state index >= 15 is 0 Å². The highest BCUT2D eigenvalue weighted by Gasteiger charge is 2.34. The summed E-state index contributed by atoms with van der Waals surface area (Å²) < 4.78 is 31.6. The van der Waals surface area contributed by atoms with Gasteiger partial charge in [0.25, 0.3) is 15.9 Å². The van der Waals surface area contributed by atoms with Gasteiger partial charge in [-0.15, -0.1) is 0 Å². The zero-order chi connectivity index (χ0) is 15.6. The molecule has 0 aliphatic carbocycles. The fourth-order valence-corrected chi connectivity index (χ4v) is 3.56. The monoisotopic (exact) mass is 320 g/mol. The largest absolute Gasteiger partial charge is 0.471 e. The van der Waals surface area contributed by atoms with E-state index in [-0.39, 0.29) is 29.2 Å². The second-order valence-corrected chi connectivity index (χ2v) is 6.54. The summed E-state index contributed by atoms with van der Waals surface area (Å²) in [4.78, 5) is 14.1. The Morgan fingerprint density at radius 1 is 1.41 bits per heavy atom. The first-order valence-electron chi connectivity index (χ1n) is 6.47. The minimum absolute atomic E-state index is 0.0466. The Balaban J connectivity index is 1.72. The fraction of sp³-hybridized carbons (Fsp3) is 0.333. The van der Waals surface area contributed by atoms with Crippen LogP contribution in [0.4, 0.5) is 0 Å². The summed E-state index contributed by atoms with van der Waals surface area (Å²) in [7, 11) is -3.60. The third kappa shape index (κ3) is 2.63. The van der Waals surface area contributed by atoms with Crippen LogP contribution in [0.25, 0.3) is 0 Å². The van der Waals surface area contributed by atoms with Crippen molar-refractivity contribution < 1.29 is 13.2 Å². The molecule has 0 amide bonds. The van der Waals surface area contributed by atoms with Crippen LogP contribution < -0.4 is 4.74 Å². The number of ether oxygens (including phenoxy) is 1. The molecule has 0 aromatic carbocycles. The van der Waals surface area contributed by atoms with Crippen LogP contribution in [0.15, 0.2) is 29.9 Å². The lowest BCUT2D eigenvalue weighted by atomic mass is 10.3. The molecule has 9 nitrogen and oxygen atoms in total. The van der Waals surface area contributed by atoms with Crippen LogP contribution in [0, 0.1) is 11.3 Å². The van der Waals surface area contributed by atoms with E-state index in [1.54, 1.807) is 0 Å². The van der Waals surface area contributed by atoms with Crippen LogP contribution in [0.2, 0.25) is 0 Å². The topological polar surface area (TPSA) is 125 Å². The summed E-state index contributed by atoms with van der Waals surface area (Å²) in [6.45, 7) is 0.511. The van der Waals surface area contributed by atoms with E-state index in [0.717, 1.165) is 0 Å². The van der Waals surface area contributed by atoms with Gasteiger partial charge in [0.2, 0.25) is 5.69 Å².